The zero-order valence-corrected chi connectivity index (χ0v) is 11.2. The molecule has 1 aliphatic carbocycles. The Kier molecular flexibility index (Phi) is 3.52. The molecule has 104 valence electrons. The minimum atomic E-state index is -0.394. The van der Waals surface area contributed by atoms with Crippen LogP contribution in [0.1, 0.15) is 36.0 Å². The van der Waals surface area contributed by atoms with E-state index >= 15 is 0 Å². The summed E-state index contributed by atoms with van der Waals surface area (Å²) < 4.78 is 16.2. The van der Waals surface area contributed by atoms with Crippen LogP contribution in [0.2, 0.25) is 5.22 Å². The fourth-order valence-corrected chi connectivity index (χ4v) is 2.91. The number of carbonyl (C=O) groups is 1. The lowest BCUT2D eigenvalue weighted by Gasteiger charge is -2.35. The van der Waals surface area contributed by atoms with Gasteiger partial charge in [-0.2, -0.15) is 0 Å². The van der Waals surface area contributed by atoms with Crippen molar-refractivity contribution >= 4 is 17.5 Å². The molecule has 1 saturated heterocycles. The maximum atomic E-state index is 12.0. The molecule has 1 N–H and O–H groups in total. The molecular weight excluding hydrogens is 270 g/mol. The van der Waals surface area contributed by atoms with Crippen LogP contribution in [-0.4, -0.2) is 30.9 Å². The molecule has 2 fully saturated rings. The van der Waals surface area contributed by atoms with Crippen LogP contribution in [0, 0.1) is 0 Å². The molecule has 0 unspecified atom stereocenters. The third-order valence-electron chi connectivity index (χ3n) is 3.76. The molecule has 0 radical (unpaired) electrons. The summed E-state index contributed by atoms with van der Waals surface area (Å²) >= 11 is 5.78. The number of ether oxygens (including phenoxy) is 2. The Morgan fingerprint density at radius 1 is 1.32 bits per heavy atom. The molecule has 1 amide bonds. The van der Waals surface area contributed by atoms with Crippen LogP contribution < -0.4 is 5.32 Å². The molecule has 3 rings (SSSR count). The van der Waals surface area contributed by atoms with E-state index in [1.54, 1.807) is 6.07 Å². The van der Waals surface area contributed by atoms with E-state index in [1.165, 1.54) is 6.26 Å². The van der Waals surface area contributed by atoms with E-state index in [0.717, 1.165) is 25.7 Å². The molecule has 1 aliphatic heterocycles. The Morgan fingerprint density at radius 3 is 2.58 bits per heavy atom. The Bertz CT molecular complexity index is 457. The number of rotatable bonds is 2. The highest BCUT2D eigenvalue weighted by Gasteiger charge is 2.40. The van der Waals surface area contributed by atoms with E-state index in [1.807, 2.05) is 0 Å². The number of nitrogens with one attached hydrogen (secondary N) is 1. The zero-order valence-electron chi connectivity index (χ0n) is 10.5. The Balaban J connectivity index is 1.55. The average molecular weight is 286 g/mol. The Hall–Kier alpha value is -1.04. The van der Waals surface area contributed by atoms with Crippen LogP contribution in [0.15, 0.2) is 16.7 Å². The van der Waals surface area contributed by atoms with Crippen molar-refractivity contribution in [1.82, 2.24) is 5.32 Å². The predicted octanol–water partition coefficient (Wildman–Crippen LogP) is 2.35. The highest BCUT2D eigenvalue weighted by Crippen LogP contribution is 2.35. The maximum Gasteiger partial charge on any atom is 0.256 e. The van der Waals surface area contributed by atoms with Crippen molar-refractivity contribution in [2.75, 3.05) is 13.2 Å². The van der Waals surface area contributed by atoms with E-state index in [9.17, 15) is 4.79 Å². The summed E-state index contributed by atoms with van der Waals surface area (Å²) in [5, 5.41) is 3.11. The smallest absolute Gasteiger partial charge is 0.256 e. The van der Waals surface area contributed by atoms with Crippen LogP contribution in [0.5, 0.6) is 0 Å². The van der Waals surface area contributed by atoms with Crippen LogP contribution in [0.25, 0.3) is 0 Å². The fraction of sp³-hybridized carbons (Fsp3) is 0.615. The lowest BCUT2D eigenvalue weighted by Crippen LogP contribution is -2.44. The summed E-state index contributed by atoms with van der Waals surface area (Å²) in [4.78, 5) is 12.0. The molecule has 1 aromatic heterocycles. The third kappa shape index (κ3) is 2.63. The minimum absolute atomic E-state index is 0.132. The molecular formula is C13H16ClNO4. The van der Waals surface area contributed by atoms with Crippen molar-refractivity contribution in [1.29, 1.82) is 0 Å². The first kappa shape index (κ1) is 13.0. The number of amides is 1. The molecule has 19 heavy (non-hydrogen) atoms. The molecule has 0 bridgehead atoms. The van der Waals surface area contributed by atoms with E-state index in [0.29, 0.717) is 18.8 Å². The second kappa shape index (κ2) is 5.15. The fourth-order valence-electron chi connectivity index (χ4n) is 2.71. The first-order valence-corrected chi connectivity index (χ1v) is 6.88. The van der Waals surface area contributed by atoms with Crippen molar-refractivity contribution in [3.8, 4) is 0 Å². The van der Waals surface area contributed by atoms with Gasteiger partial charge in [0.1, 0.15) is 0 Å². The summed E-state index contributed by atoms with van der Waals surface area (Å²) in [6, 6.07) is 1.71. The van der Waals surface area contributed by atoms with Gasteiger partial charge in [-0.25, -0.2) is 0 Å². The minimum Gasteiger partial charge on any atom is -0.452 e. The monoisotopic (exact) mass is 285 g/mol. The first-order chi connectivity index (χ1) is 9.19. The van der Waals surface area contributed by atoms with Crippen LogP contribution in [-0.2, 0) is 9.47 Å². The van der Waals surface area contributed by atoms with Gasteiger partial charge in [-0.15, -0.1) is 0 Å². The lowest BCUT2D eigenvalue weighted by atomic mass is 9.90. The number of hydrogen-bond acceptors (Lipinski definition) is 4. The zero-order chi connectivity index (χ0) is 13.3. The van der Waals surface area contributed by atoms with Gasteiger partial charge in [0.2, 0.25) is 5.22 Å². The van der Waals surface area contributed by atoms with Crippen LogP contribution >= 0.6 is 11.6 Å². The quantitative estimate of drug-likeness (QED) is 0.906. The van der Waals surface area contributed by atoms with Crippen molar-refractivity contribution < 1.29 is 18.7 Å². The largest absolute Gasteiger partial charge is 0.452 e. The number of halogens is 1. The lowest BCUT2D eigenvalue weighted by molar-refractivity contribution is -0.179. The summed E-state index contributed by atoms with van der Waals surface area (Å²) in [5.41, 5.74) is 0.385. The van der Waals surface area contributed by atoms with Gasteiger partial charge in [-0.1, -0.05) is 0 Å². The van der Waals surface area contributed by atoms with Crippen molar-refractivity contribution in [3.63, 3.8) is 0 Å². The van der Waals surface area contributed by atoms with Gasteiger partial charge in [0.05, 0.1) is 25.0 Å². The van der Waals surface area contributed by atoms with Gasteiger partial charge in [0, 0.05) is 18.9 Å². The van der Waals surface area contributed by atoms with Crippen LogP contribution in [0.4, 0.5) is 0 Å². The molecule has 1 spiro atoms. The average Bonchev–Trinajstić information content (AvgIpc) is 3.02. The summed E-state index contributed by atoms with van der Waals surface area (Å²) in [6.07, 6.45) is 4.74. The standard InChI is InChI=1S/C13H16ClNO4/c14-11-10(3-6-17-11)12(16)15-9-1-4-13(5-2-9)18-7-8-19-13/h3,6,9H,1-2,4-5,7-8H2,(H,15,16). The van der Waals surface area contributed by atoms with E-state index in [4.69, 9.17) is 25.5 Å². The SMILES string of the molecule is O=C(NC1CCC2(CC1)OCCO2)c1ccoc1Cl. The van der Waals surface area contributed by atoms with Gasteiger partial charge in [-0.3, -0.25) is 4.79 Å². The van der Waals surface area contributed by atoms with E-state index in [2.05, 4.69) is 5.32 Å². The highest BCUT2D eigenvalue weighted by molar-refractivity contribution is 6.32. The summed E-state index contributed by atoms with van der Waals surface area (Å²) in [7, 11) is 0. The summed E-state index contributed by atoms with van der Waals surface area (Å²) in [5.74, 6) is -0.581. The van der Waals surface area contributed by atoms with Crippen molar-refractivity contribution in [3.05, 3.63) is 23.1 Å². The van der Waals surface area contributed by atoms with E-state index in [-0.39, 0.29) is 17.2 Å². The third-order valence-corrected chi connectivity index (χ3v) is 4.05. The van der Waals surface area contributed by atoms with Gasteiger partial charge >= 0.3 is 0 Å². The number of furan rings is 1. The van der Waals surface area contributed by atoms with Crippen molar-refractivity contribution in [2.24, 2.45) is 0 Å². The molecule has 6 heteroatoms. The molecule has 5 nitrogen and oxygen atoms in total. The Labute approximate surface area is 116 Å². The summed E-state index contributed by atoms with van der Waals surface area (Å²) in [6.45, 7) is 1.34. The molecule has 0 aromatic carbocycles. The van der Waals surface area contributed by atoms with Gasteiger partial charge in [0.15, 0.2) is 5.79 Å². The van der Waals surface area contributed by atoms with Crippen LogP contribution in [0.3, 0.4) is 0 Å². The molecule has 1 aromatic rings. The molecule has 0 atom stereocenters. The van der Waals surface area contributed by atoms with Gasteiger partial charge < -0.3 is 19.2 Å². The topological polar surface area (TPSA) is 60.7 Å². The Morgan fingerprint density at radius 2 is 2.00 bits per heavy atom. The number of carbonyl (C=O) groups excluding carboxylic acids is 1. The van der Waals surface area contributed by atoms with Gasteiger partial charge in [0.25, 0.3) is 5.91 Å². The van der Waals surface area contributed by atoms with Gasteiger partial charge in [-0.05, 0) is 30.5 Å². The van der Waals surface area contributed by atoms with Crippen molar-refractivity contribution in [2.45, 2.75) is 37.5 Å². The highest BCUT2D eigenvalue weighted by atomic mass is 35.5. The maximum absolute atomic E-state index is 12.0. The first-order valence-electron chi connectivity index (χ1n) is 6.50. The molecule has 1 saturated carbocycles. The molecule has 2 heterocycles. The second-order valence-corrected chi connectivity index (χ2v) is 5.31. The predicted molar refractivity (Wildman–Crippen MR) is 68.1 cm³/mol. The number of hydrogen-bond donors (Lipinski definition) is 1. The van der Waals surface area contributed by atoms with E-state index < -0.39 is 5.79 Å². The normalized spacial score (nSPS) is 22.8. The molecule has 2 aliphatic rings. The second-order valence-electron chi connectivity index (χ2n) is 4.96.